The molecule has 1 amide bonds. The number of benzene rings is 1. The summed E-state index contributed by atoms with van der Waals surface area (Å²) in [5.41, 5.74) is 6.38. The Bertz CT molecular complexity index is 657. The number of anilines is 1. The average molecular weight is 366 g/mol. The van der Waals surface area contributed by atoms with Crippen LogP contribution in [-0.2, 0) is 16.2 Å². The van der Waals surface area contributed by atoms with Crippen molar-refractivity contribution in [3.8, 4) is 0 Å². The molecule has 0 aliphatic heterocycles. The molecule has 1 aromatic heterocycles. The molecule has 7 nitrogen and oxygen atoms in total. The molecule has 1 aromatic carbocycles. The minimum Gasteiger partial charge on any atom is -0.383 e. The molecular formula is C14H16BrN5O2. The van der Waals surface area contributed by atoms with E-state index in [1.165, 1.54) is 0 Å². The van der Waals surface area contributed by atoms with E-state index in [4.69, 9.17) is 10.6 Å². The summed E-state index contributed by atoms with van der Waals surface area (Å²) in [5.74, 6) is -0.0838. The highest BCUT2D eigenvalue weighted by molar-refractivity contribution is 9.10. The van der Waals surface area contributed by atoms with Gasteiger partial charge in [-0.05, 0) is 31.2 Å². The van der Waals surface area contributed by atoms with Crippen LogP contribution in [0, 0.1) is 0 Å². The second-order valence-corrected chi connectivity index (χ2v) is 5.45. The van der Waals surface area contributed by atoms with Crippen LogP contribution < -0.4 is 11.1 Å². The van der Waals surface area contributed by atoms with E-state index in [-0.39, 0.29) is 11.7 Å². The Kier molecular flexibility index (Phi) is 5.54. The van der Waals surface area contributed by atoms with E-state index < -0.39 is 6.10 Å². The van der Waals surface area contributed by atoms with Gasteiger partial charge in [-0.3, -0.25) is 9.48 Å². The Labute approximate surface area is 136 Å². The van der Waals surface area contributed by atoms with E-state index in [1.807, 2.05) is 12.1 Å². The van der Waals surface area contributed by atoms with Crippen molar-refractivity contribution in [3.63, 3.8) is 0 Å². The monoisotopic (exact) mass is 365 g/mol. The molecule has 2 rings (SSSR count). The molecule has 0 aliphatic carbocycles. The largest absolute Gasteiger partial charge is 0.383 e. The zero-order valence-electron chi connectivity index (χ0n) is 11.9. The molecule has 0 radical (unpaired) electrons. The number of amidine groups is 1. The van der Waals surface area contributed by atoms with E-state index in [2.05, 4.69) is 31.5 Å². The molecular weight excluding hydrogens is 350 g/mol. The topological polar surface area (TPSA) is 94.5 Å². The molecule has 1 atom stereocenters. The first-order chi connectivity index (χ1) is 10.5. The van der Waals surface area contributed by atoms with Crippen molar-refractivity contribution < 1.29 is 9.63 Å². The van der Waals surface area contributed by atoms with Crippen molar-refractivity contribution >= 4 is 33.4 Å². The van der Waals surface area contributed by atoms with Gasteiger partial charge in [0.25, 0.3) is 5.91 Å². The van der Waals surface area contributed by atoms with Crippen LogP contribution in [0.1, 0.15) is 6.92 Å². The minimum absolute atomic E-state index is 0.228. The molecule has 0 saturated heterocycles. The summed E-state index contributed by atoms with van der Waals surface area (Å²) in [5, 5.41) is 10.5. The maximum atomic E-state index is 12.0. The van der Waals surface area contributed by atoms with E-state index in [0.29, 0.717) is 12.2 Å². The number of rotatable bonds is 6. The van der Waals surface area contributed by atoms with Crippen molar-refractivity contribution in [2.75, 3.05) is 5.32 Å². The van der Waals surface area contributed by atoms with Gasteiger partial charge in [0.05, 0.1) is 0 Å². The van der Waals surface area contributed by atoms with Crippen molar-refractivity contribution in [2.24, 2.45) is 10.9 Å². The molecule has 8 heteroatoms. The molecule has 116 valence electrons. The van der Waals surface area contributed by atoms with Crippen LogP contribution in [0.4, 0.5) is 5.69 Å². The van der Waals surface area contributed by atoms with Crippen LogP contribution in [0.15, 0.2) is 52.4 Å². The lowest BCUT2D eigenvalue weighted by atomic mass is 10.3. The van der Waals surface area contributed by atoms with Gasteiger partial charge in [0.15, 0.2) is 5.84 Å². The quantitative estimate of drug-likeness (QED) is 0.464. The smallest absolute Gasteiger partial charge is 0.267 e. The van der Waals surface area contributed by atoms with Gasteiger partial charge >= 0.3 is 0 Å². The number of nitrogens with zero attached hydrogens (tertiary/aromatic N) is 3. The molecule has 22 heavy (non-hydrogen) atoms. The van der Waals surface area contributed by atoms with Gasteiger partial charge in [-0.1, -0.05) is 27.2 Å². The maximum Gasteiger partial charge on any atom is 0.267 e. The third-order valence-corrected chi connectivity index (χ3v) is 3.17. The summed E-state index contributed by atoms with van der Waals surface area (Å²) in [4.78, 5) is 17.1. The third-order valence-electron chi connectivity index (χ3n) is 2.67. The Morgan fingerprint density at radius 1 is 1.55 bits per heavy atom. The van der Waals surface area contributed by atoms with Gasteiger partial charge in [0.1, 0.15) is 6.54 Å². The second-order valence-electron chi connectivity index (χ2n) is 4.53. The Hall–Kier alpha value is -2.35. The number of nitrogens with two attached hydrogens (primary N) is 1. The van der Waals surface area contributed by atoms with Gasteiger partial charge in [-0.15, -0.1) is 0 Å². The third kappa shape index (κ3) is 4.88. The van der Waals surface area contributed by atoms with E-state index in [0.717, 1.165) is 4.47 Å². The van der Waals surface area contributed by atoms with Gasteiger partial charge in [-0.2, -0.15) is 5.10 Å². The minimum atomic E-state index is -0.768. The van der Waals surface area contributed by atoms with Crippen LogP contribution in [0.2, 0.25) is 0 Å². The first-order valence-electron chi connectivity index (χ1n) is 6.56. The fraction of sp³-hybridized carbons (Fsp3) is 0.214. The first-order valence-corrected chi connectivity index (χ1v) is 7.36. The van der Waals surface area contributed by atoms with E-state index in [9.17, 15) is 4.79 Å². The SMILES string of the molecule is C[C@H](ON=C(N)Cn1cccn1)C(=O)Nc1cccc(Br)c1. The van der Waals surface area contributed by atoms with E-state index in [1.54, 1.807) is 42.2 Å². The molecule has 0 saturated carbocycles. The van der Waals surface area contributed by atoms with Crippen molar-refractivity contribution in [1.82, 2.24) is 9.78 Å². The molecule has 0 fully saturated rings. The molecule has 0 unspecified atom stereocenters. The van der Waals surface area contributed by atoms with Crippen LogP contribution in [0.5, 0.6) is 0 Å². The van der Waals surface area contributed by atoms with Crippen LogP contribution in [0.25, 0.3) is 0 Å². The Morgan fingerprint density at radius 2 is 2.36 bits per heavy atom. The lowest BCUT2D eigenvalue weighted by Gasteiger charge is -2.11. The van der Waals surface area contributed by atoms with Crippen LogP contribution >= 0.6 is 15.9 Å². The summed E-state index contributed by atoms with van der Waals surface area (Å²) >= 11 is 3.34. The number of hydrogen-bond donors (Lipinski definition) is 2. The first kappa shape index (κ1) is 16.0. The highest BCUT2D eigenvalue weighted by Gasteiger charge is 2.14. The molecule has 0 aliphatic rings. The molecule has 0 spiro atoms. The normalized spacial score (nSPS) is 12.7. The molecule has 1 heterocycles. The number of nitrogens with one attached hydrogen (secondary N) is 1. The van der Waals surface area contributed by atoms with Gasteiger partial charge in [0, 0.05) is 22.6 Å². The lowest BCUT2D eigenvalue weighted by Crippen LogP contribution is -2.28. The van der Waals surface area contributed by atoms with E-state index >= 15 is 0 Å². The second kappa shape index (κ2) is 7.60. The predicted octanol–water partition coefficient (Wildman–Crippen LogP) is 1.96. The average Bonchev–Trinajstić information content (AvgIpc) is 2.97. The highest BCUT2D eigenvalue weighted by atomic mass is 79.9. The predicted molar refractivity (Wildman–Crippen MR) is 87.2 cm³/mol. The summed E-state index contributed by atoms with van der Waals surface area (Å²) in [6, 6.07) is 9.05. The summed E-state index contributed by atoms with van der Waals surface area (Å²) in [7, 11) is 0. The molecule has 0 bridgehead atoms. The summed E-state index contributed by atoms with van der Waals surface area (Å²) in [6.07, 6.45) is 2.63. The fourth-order valence-corrected chi connectivity index (χ4v) is 1.99. The van der Waals surface area contributed by atoms with Crippen molar-refractivity contribution in [1.29, 1.82) is 0 Å². The number of carbonyl (C=O) groups excluding carboxylic acids is 1. The summed E-state index contributed by atoms with van der Waals surface area (Å²) < 4.78 is 2.48. The Balaban J connectivity index is 1.85. The number of hydrogen-bond acceptors (Lipinski definition) is 4. The standard InChI is InChI=1S/C14H16BrN5O2/c1-10(14(21)18-12-5-2-4-11(15)8-12)22-19-13(16)9-20-7-3-6-17-20/h2-8,10H,9H2,1H3,(H2,16,19)(H,18,21)/t10-/m0/s1. The van der Waals surface area contributed by atoms with Crippen molar-refractivity contribution in [2.45, 2.75) is 19.6 Å². The zero-order chi connectivity index (χ0) is 15.9. The highest BCUT2D eigenvalue weighted by Crippen LogP contribution is 2.15. The number of carbonyl (C=O) groups is 1. The lowest BCUT2D eigenvalue weighted by molar-refractivity contribution is -0.126. The number of halogens is 1. The number of aromatic nitrogens is 2. The van der Waals surface area contributed by atoms with Crippen LogP contribution in [0.3, 0.4) is 0 Å². The molecule has 3 N–H and O–H groups in total. The number of oxime groups is 1. The van der Waals surface area contributed by atoms with Crippen molar-refractivity contribution in [3.05, 3.63) is 47.2 Å². The van der Waals surface area contributed by atoms with Gasteiger partial charge in [-0.25, -0.2) is 0 Å². The fourth-order valence-electron chi connectivity index (χ4n) is 1.59. The number of amides is 1. The van der Waals surface area contributed by atoms with Gasteiger partial charge in [0.2, 0.25) is 6.10 Å². The van der Waals surface area contributed by atoms with Gasteiger partial charge < -0.3 is 15.9 Å². The molecule has 2 aromatic rings. The summed E-state index contributed by atoms with van der Waals surface area (Å²) in [6.45, 7) is 1.89. The maximum absolute atomic E-state index is 12.0. The van der Waals surface area contributed by atoms with Crippen LogP contribution in [-0.4, -0.2) is 27.6 Å². The zero-order valence-corrected chi connectivity index (χ0v) is 13.5. The Morgan fingerprint density at radius 3 is 3.05 bits per heavy atom.